The summed E-state index contributed by atoms with van der Waals surface area (Å²) < 4.78 is 0. The maximum absolute atomic E-state index is 10.3. The van der Waals surface area contributed by atoms with Gasteiger partial charge in [-0.15, -0.1) is 0 Å². The molecule has 1 aliphatic heterocycles. The first-order chi connectivity index (χ1) is 14.3. The third kappa shape index (κ3) is 4.74. The molecular formula is C28H32N2. The van der Waals surface area contributed by atoms with Crippen LogP contribution in [0.5, 0.6) is 0 Å². The fourth-order valence-corrected chi connectivity index (χ4v) is 4.15. The molecule has 0 saturated carbocycles. The van der Waals surface area contributed by atoms with Crippen molar-refractivity contribution in [3.8, 4) is 6.07 Å². The number of nitrogens with zero attached hydrogens (tertiary/aromatic N) is 2. The Morgan fingerprint density at radius 2 is 1.57 bits per heavy atom. The number of hydrogen-bond acceptors (Lipinski definition) is 2. The zero-order chi connectivity index (χ0) is 21.7. The summed E-state index contributed by atoms with van der Waals surface area (Å²) in [6.07, 6.45) is 3.30. The summed E-state index contributed by atoms with van der Waals surface area (Å²) in [5.41, 5.74) is 5.64. The molecule has 30 heavy (non-hydrogen) atoms. The van der Waals surface area contributed by atoms with E-state index in [4.69, 9.17) is 0 Å². The van der Waals surface area contributed by atoms with E-state index in [1.165, 1.54) is 0 Å². The van der Waals surface area contributed by atoms with E-state index in [2.05, 4.69) is 75.7 Å². The van der Waals surface area contributed by atoms with Gasteiger partial charge in [-0.3, -0.25) is 0 Å². The minimum absolute atomic E-state index is 0.0227. The first-order valence-electron chi connectivity index (χ1n) is 10.7. The molecule has 0 N–H and O–H groups in total. The first-order valence-corrected chi connectivity index (χ1v) is 10.7. The molecule has 0 bridgehead atoms. The summed E-state index contributed by atoms with van der Waals surface area (Å²) in [7, 11) is 0. The Kier molecular flexibility index (Phi) is 6.63. The van der Waals surface area contributed by atoms with Gasteiger partial charge in [-0.05, 0) is 40.0 Å². The van der Waals surface area contributed by atoms with E-state index >= 15 is 0 Å². The van der Waals surface area contributed by atoms with Gasteiger partial charge >= 0.3 is 0 Å². The third-order valence-electron chi connectivity index (χ3n) is 5.78. The molecule has 1 heterocycles. The van der Waals surface area contributed by atoms with Gasteiger partial charge in [0.2, 0.25) is 0 Å². The van der Waals surface area contributed by atoms with Gasteiger partial charge in [-0.25, -0.2) is 0 Å². The lowest BCUT2D eigenvalue weighted by Gasteiger charge is -2.39. The molecule has 1 aliphatic rings. The summed E-state index contributed by atoms with van der Waals surface area (Å²) >= 11 is 0. The zero-order valence-electron chi connectivity index (χ0n) is 18.7. The maximum Gasteiger partial charge on any atom is 0.100 e. The molecule has 154 valence electrons. The van der Waals surface area contributed by atoms with Crippen molar-refractivity contribution in [1.29, 1.82) is 5.26 Å². The van der Waals surface area contributed by atoms with Crippen molar-refractivity contribution in [3.05, 3.63) is 101 Å². The van der Waals surface area contributed by atoms with Gasteiger partial charge in [0.15, 0.2) is 0 Å². The molecule has 0 amide bonds. The molecule has 2 aromatic carbocycles. The first kappa shape index (κ1) is 21.7. The molecule has 0 atom stereocenters. The van der Waals surface area contributed by atoms with Crippen LogP contribution in [0.3, 0.4) is 0 Å². The van der Waals surface area contributed by atoms with E-state index in [0.717, 1.165) is 47.4 Å². The predicted molar refractivity (Wildman–Crippen MR) is 127 cm³/mol. The number of allylic oxidation sites excluding steroid dienone is 3. The highest BCUT2D eigenvalue weighted by Crippen LogP contribution is 2.42. The van der Waals surface area contributed by atoms with E-state index in [9.17, 15) is 5.26 Å². The Morgan fingerprint density at radius 1 is 1.03 bits per heavy atom. The molecule has 2 aromatic rings. The van der Waals surface area contributed by atoms with Gasteiger partial charge < -0.3 is 4.90 Å². The SMILES string of the molecule is C=C(C1=CN(CC(C)C)CCC1(C)C)C(C#N)=C(c1ccccc1)c1ccccc1. The minimum Gasteiger partial charge on any atom is -0.377 e. The van der Waals surface area contributed by atoms with Crippen molar-refractivity contribution in [2.75, 3.05) is 13.1 Å². The highest BCUT2D eigenvalue weighted by Gasteiger charge is 2.32. The Morgan fingerprint density at radius 3 is 2.03 bits per heavy atom. The van der Waals surface area contributed by atoms with Crippen molar-refractivity contribution in [2.45, 2.75) is 34.1 Å². The van der Waals surface area contributed by atoms with Crippen LogP contribution in [0.4, 0.5) is 0 Å². The molecule has 2 nitrogen and oxygen atoms in total. The Labute approximate surface area is 181 Å². The summed E-state index contributed by atoms with van der Waals surface area (Å²) in [5.74, 6) is 0.590. The fraction of sp³-hybridized carbons (Fsp3) is 0.321. The summed E-state index contributed by atoms with van der Waals surface area (Å²) in [4.78, 5) is 2.39. The molecule has 0 saturated heterocycles. The van der Waals surface area contributed by atoms with E-state index in [1.54, 1.807) is 0 Å². The predicted octanol–water partition coefficient (Wildman–Crippen LogP) is 6.84. The van der Waals surface area contributed by atoms with Crippen LogP contribution >= 0.6 is 0 Å². The molecular weight excluding hydrogens is 364 g/mol. The van der Waals surface area contributed by atoms with E-state index in [0.29, 0.717) is 11.5 Å². The molecule has 0 aliphatic carbocycles. The Balaban J connectivity index is 2.17. The third-order valence-corrected chi connectivity index (χ3v) is 5.78. The average Bonchev–Trinajstić information content (AvgIpc) is 2.73. The molecule has 2 heteroatoms. The summed E-state index contributed by atoms with van der Waals surface area (Å²) in [6, 6.07) is 22.9. The van der Waals surface area contributed by atoms with E-state index in [-0.39, 0.29) is 5.41 Å². The van der Waals surface area contributed by atoms with Gasteiger partial charge in [0, 0.05) is 24.9 Å². The highest BCUT2D eigenvalue weighted by atomic mass is 15.1. The number of hydrogen-bond donors (Lipinski definition) is 0. The standard InChI is InChI=1S/C28H32N2/c1-21(2)19-30-17-16-28(4,5)26(20-30)22(3)25(18-29)27(23-12-8-6-9-13-23)24-14-10-7-11-15-24/h6-15,20-21H,3,16-17,19H2,1-2,4-5H3. The van der Waals surface area contributed by atoms with Gasteiger partial charge in [-0.2, -0.15) is 5.26 Å². The molecule has 0 spiro atoms. The molecule has 0 fully saturated rings. The van der Waals surface area contributed by atoms with Crippen LogP contribution in [0.2, 0.25) is 0 Å². The van der Waals surface area contributed by atoms with Gasteiger partial charge in [0.1, 0.15) is 6.07 Å². The number of benzene rings is 2. The molecule has 0 aromatic heterocycles. The minimum atomic E-state index is -0.0227. The van der Waals surface area contributed by atoms with Crippen LogP contribution in [0, 0.1) is 22.7 Å². The van der Waals surface area contributed by atoms with Crippen molar-refractivity contribution in [3.63, 3.8) is 0 Å². The van der Waals surface area contributed by atoms with Gasteiger partial charge in [-0.1, -0.05) is 94.9 Å². The molecule has 0 unspecified atom stereocenters. The van der Waals surface area contributed by atoms with Crippen molar-refractivity contribution in [2.24, 2.45) is 11.3 Å². The molecule has 3 rings (SSSR count). The maximum atomic E-state index is 10.3. The fourth-order valence-electron chi connectivity index (χ4n) is 4.15. The molecule has 0 radical (unpaired) electrons. The highest BCUT2D eigenvalue weighted by molar-refractivity contribution is 5.88. The Bertz CT molecular complexity index is 944. The summed E-state index contributed by atoms with van der Waals surface area (Å²) in [5, 5.41) is 10.3. The second kappa shape index (κ2) is 9.18. The second-order valence-electron chi connectivity index (χ2n) is 9.14. The normalized spacial score (nSPS) is 15.3. The zero-order valence-corrected chi connectivity index (χ0v) is 18.7. The van der Waals surface area contributed by atoms with Gasteiger partial charge in [0.05, 0.1) is 5.57 Å². The lowest BCUT2D eigenvalue weighted by Crippen LogP contribution is -2.34. The number of rotatable bonds is 6. The van der Waals surface area contributed by atoms with Crippen LogP contribution < -0.4 is 0 Å². The quantitative estimate of drug-likeness (QED) is 0.395. The Hall–Kier alpha value is -3.05. The van der Waals surface area contributed by atoms with Crippen molar-refractivity contribution >= 4 is 5.57 Å². The van der Waals surface area contributed by atoms with Gasteiger partial charge in [0.25, 0.3) is 0 Å². The van der Waals surface area contributed by atoms with Crippen LogP contribution in [0.1, 0.15) is 45.2 Å². The van der Waals surface area contributed by atoms with E-state index < -0.39 is 0 Å². The van der Waals surface area contributed by atoms with Crippen LogP contribution in [-0.2, 0) is 0 Å². The smallest absolute Gasteiger partial charge is 0.100 e. The second-order valence-corrected chi connectivity index (χ2v) is 9.14. The van der Waals surface area contributed by atoms with Crippen molar-refractivity contribution in [1.82, 2.24) is 4.90 Å². The lowest BCUT2D eigenvalue weighted by atomic mass is 9.73. The topological polar surface area (TPSA) is 27.0 Å². The average molecular weight is 397 g/mol. The largest absolute Gasteiger partial charge is 0.377 e. The van der Waals surface area contributed by atoms with Crippen LogP contribution in [-0.4, -0.2) is 18.0 Å². The van der Waals surface area contributed by atoms with Crippen LogP contribution in [0.25, 0.3) is 5.57 Å². The lowest BCUT2D eigenvalue weighted by molar-refractivity contribution is 0.246. The summed E-state index contributed by atoms with van der Waals surface area (Å²) in [6.45, 7) is 15.5. The number of nitriles is 1. The van der Waals surface area contributed by atoms with E-state index in [1.807, 2.05) is 36.4 Å². The van der Waals surface area contributed by atoms with Crippen molar-refractivity contribution < 1.29 is 0 Å². The monoisotopic (exact) mass is 396 g/mol. The van der Waals surface area contributed by atoms with Crippen LogP contribution in [0.15, 0.2) is 90.2 Å².